The van der Waals surface area contributed by atoms with Crippen molar-refractivity contribution >= 4 is 8.07 Å². The van der Waals surface area contributed by atoms with Crippen molar-refractivity contribution in [2.45, 2.75) is 38.8 Å². The Morgan fingerprint density at radius 2 is 2.00 bits per heavy atom. The van der Waals surface area contributed by atoms with E-state index in [1.807, 2.05) is 4.57 Å². The first-order valence-electron chi connectivity index (χ1n) is 8.51. The lowest BCUT2D eigenvalue weighted by molar-refractivity contribution is 0.0882. The lowest BCUT2D eigenvalue weighted by Crippen LogP contribution is -2.22. The number of imidazole rings is 1. The Balaban J connectivity index is 1.75. The molecule has 0 saturated carbocycles. The number of hydrogen-bond donors (Lipinski definition) is 0. The summed E-state index contributed by atoms with van der Waals surface area (Å²) in [6.45, 7) is 7.95. The van der Waals surface area contributed by atoms with Crippen LogP contribution in [0.15, 0.2) is 35.1 Å². The smallest absolute Gasteiger partial charge is 0.314 e. The van der Waals surface area contributed by atoms with Gasteiger partial charge in [0.1, 0.15) is 12.4 Å². The normalized spacial score (nSPS) is 12.1. The molecule has 10 heteroatoms. The lowest BCUT2D eigenvalue weighted by atomic mass is 10.2. The van der Waals surface area contributed by atoms with Crippen LogP contribution in [-0.4, -0.2) is 39.4 Å². The minimum Gasteiger partial charge on any atom is -0.415 e. The average Bonchev–Trinajstić information content (AvgIpc) is 3.27. The van der Waals surface area contributed by atoms with E-state index in [1.165, 1.54) is 0 Å². The molecule has 0 unspecified atom stereocenters. The summed E-state index contributed by atoms with van der Waals surface area (Å²) in [5, 5.41) is 7.01. The molecule has 0 aromatic carbocycles. The molecule has 3 heterocycles. The fraction of sp³-hybridized carbons (Fsp3) is 0.412. The third kappa shape index (κ3) is 5.04. The Labute approximate surface area is 156 Å². The van der Waals surface area contributed by atoms with Gasteiger partial charge in [0.2, 0.25) is 5.89 Å². The van der Waals surface area contributed by atoms with Crippen LogP contribution in [0, 0.1) is 0 Å². The summed E-state index contributed by atoms with van der Waals surface area (Å²) in [6, 6.07) is 4.36. The minimum absolute atomic E-state index is 0.0124. The van der Waals surface area contributed by atoms with Crippen molar-refractivity contribution < 1.29 is 17.9 Å². The molecule has 0 atom stereocenters. The molecule has 0 N–H and O–H groups in total. The molecule has 0 spiro atoms. The number of rotatable bonds is 8. The third-order valence-electron chi connectivity index (χ3n) is 3.81. The summed E-state index contributed by atoms with van der Waals surface area (Å²) in [6.07, 6.45) is 2.20. The molecular weight excluding hydrogens is 372 g/mol. The molecule has 0 bridgehead atoms. The molecule has 144 valence electrons. The quantitative estimate of drug-likeness (QED) is 0.421. The number of aromatic nitrogens is 5. The first kappa shape index (κ1) is 19.3. The zero-order chi connectivity index (χ0) is 19.4. The summed E-state index contributed by atoms with van der Waals surface area (Å²) < 4.78 is 37.9. The highest BCUT2D eigenvalue weighted by molar-refractivity contribution is 6.76. The van der Waals surface area contributed by atoms with E-state index < -0.39 is 20.4 Å². The monoisotopic (exact) mass is 393 g/mol. The summed E-state index contributed by atoms with van der Waals surface area (Å²) in [5.41, 5.74) is 1.05. The van der Waals surface area contributed by atoms with Crippen LogP contribution in [0.5, 0.6) is 0 Å². The second-order valence-corrected chi connectivity index (χ2v) is 12.9. The summed E-state index contributed by atoms with van der Waals surface area (Å²) >= 11 is 0. The SMILES string of the molecule is C[Si](C)(C)CCOCn1ccnc1-c1cc(-c2nnc(C(F)F)o2)ccn1. The van der Waals surface area contributed by atoms with E-state index in [2.05, 4.69) is 39.8 Å². The van der Waals surface area contributed by atoms with E-state index >= 15 is 0 Å². The Kier molecular flexibility index (Phi) is 5.75. The van der Waals surface area contributed by atoms with Gasteiger partial charge in [0.05, 0.1) is 0 Å². The lowest BCUT2D eigenvalue weighted by Gasteiger charge is -2.16. The molecule has 0 aliphatic rings. The molecule has 27 heavy (non-hydrogen) atoms. The van der Waals surface area contributed by atoms with Gasteiger partial charge in [0.15, 0.2) is 5.82 Å². The molecule has 7 nitrogen and oxygen atoms in total. The van der Waals surface area contributed by atoms with Gasteiger partial charge >= 0.3 is 6.43 Å². The highest BCUT2D eigenvalue weighted by atomic mass is 28.3. The number of pyridine rings is 1. The van der Waals surface area contributed by atoms with Crippen LogP contribution in [0.1, 0.15) is 12.3 Å². The summed E-state index contributed by atoms with van der Waals surface area (Å²) in [5.74, 6) is -0.0856. The van der Waals surface area contributed by atoms with Gasteiger partial charge in [0, 0.05) is 38.8 Å². The zero-order valence-electron chi connectivity index (χ0n) is 15.4. The predicted molar refractivity (Wildman–Crippen MR) is 97.8 cm³/mol. The number of nitrogens with zero attached hydrogens (tertiary/aromatic N) is 5. The highest BCUT2D eigenvalue weighted by Gasteiger charge is 2.18. The van der Waals surface area contributed by atoms with E-state index in [0.717, 1.165) is 6.04 Å². The van der Waals surface area contributed by atoms with Crippen molar-refractivity contribution in [1.29, 1.82) is 0 Å². The van der Waals surface area contributed by atoms with E-state index in [9.17, 15) is 8.78 Å². The maximum Gasteiger partial charge on any atom is 0.314 e. The molecular formula is C17H21F2N5O2Si. The van der Waals surface area contributed by atoms with Crippen LogP contribution in [0.25, 0.3) is 23.0 Å². The van der Waals surface area contributed by atoms with Crippen LogP contribution >= 0.6 is 0 Å². The minimum atomic E-state index is -2.81. The van der Waals surface area contributed by atoms with Gasteiger partial charge in [-0.15, -0.1) is 10.2 Å². The van der Waals surface area contributed by atoms with E-state index in [-0.39, 0.29) is 5.89 Å². The maximum atomic E-state index is 12.6. The van der Waals surface area contributed by atoms with Gasteiger partial charge in [-0.3, -0.25) is 4.98 Å². The van der Waals surface area contributed by atoms with Crippen LogP contribution < -0.4 is 0 Å². The van der Waals surface area contributed by atoms with Crippen molar-refractivity contribution in [3.63, 3.8) is 0 Å². The molecule has 0 fully saturated rings. The molecule has 3 aromatic heterocycles. The first-order valence-corrected chi connectivity index (χ1v) is 12.2. The molecule has 0 radical (unpaired) electrons. The second-order valence-electron chi connectivity index (χ2n) is 7.24. The average molecular weight is 393 g/mol. The van der Waals surface area contributed by atoms with Gasteiger partial charge in [0.25, 0.3) is 5.89 Å². The Morgan fingerprint density at radius 1 is 1.19 bits per heavy atom. The van der Waals surface area contributed by atoms with Gasteiger partial charge in [-0.1, -0.05) is 19.6 Å². The van der Waals surface area contributed by atoms with Gasteiger partial charge in [-0.2, -0.15) is 8.78 Å². The van der Waals surface area contributed by atoms with E-state index in [0.29, 0.717) is 30.4 Å². The second kappa shape index (κ2) is 8.05. The van der Waals surface area contributed by atoms with Crippen molar-refractivity contribution in [2.75, 3.05) is 6.61 Å². The van der Waals surface area contributed by atoms with Crippen molar-refractivity contribution in [2.24, 2.45) is 0 Å². The molecule has 0 amide bonds. The Bertz CT molecular complexity index is 891. The fourth-order valence-corrected chi connectivity index (χ4v) is 3.07. The number of ether oxygens (including phenoxy) is 1. The summed E-state index contributed by atoms with van der Waals surface area (Å²) in [7, 11) is -1.15. The maximum absolute atomic E-state index is 12.6. The molecule has 0 aliphatic heterocycles. The summed E-state index contributed by atoms with van der Waals surface area (Å²) in [4.78, 5) is 8.63. The third-order valence-corrected chi connectivity index (χ3v) is 5.51. The molecule has 3 aromatic rings. The van der Waals surface area contributed by atoms with Gasteiger partial charge in [-0.05, 0) is 18.2 Å². The Morgan fingerprint density at radius 3 is 2.70 bits per heavy atom. The zero-order valence-corrected chi connectivity index (χ0v) is 16.4. The molecule has 3 rings (SSSR count). The predicted octanol–water partition coefficient (Wildman–Crippen LogP) is 4.25. The van der Waals surface area contributed by atoms with Crippen LogP contribution in [-0.2, 0) is 11.5 Å². The van der Waals surface area contributed by atoms with E-state index in [1.54, 1.807) is 30.7 Å². The number of alkyl halides is 2. The Hall–Kier alpha value is -2.46. The van der Waals surface area contributed by atoms with Crippen molar-refractivity contribution in [3.8, 4) is 23.0 Å². The highest BCUT2D eigenvalue weighted by Crippen LogP contribution is 2.25. The first-order chi connectivity index (χ1) is 12.8. The van der Waals surface area contributed by atoms with Crippen molar-refractivity contribution in [1.82, 2.24) is 24.7 Å². The van der Waals surface area contributed by atoms with Crippen molar-refractivity contribution in [3.05, 3.63) is 36.6 Å². The largest absolute Gasteiger partial charge is 0.415 e. The van der Waals surface area contributed by atoms with Crippen LogP contribution in [0.3, 0.4) is 0 Å². The van der Waals surface area contributed by atoms with E-state index in [4.69, 9.17) is 9.15 Å². The molecule has 0 saturated heterocycles. The van der Waals surface area contributed by atoms with Crippen LogP contribution in [0.2, 0.25) is 25.7 Å². The number of halogens is 2. The topological polar surface area (TPSA) is 78.9 Å². The van der Waals surface area contributed by atoms with Gasteiger partial charge < -0.3 is 13.7 Å². The standard InChI is InChI=1S/C17H21F2N5O2Si/c1-27(2,3)9-8-25-11-24-7-6-21-15(24)13-10-12(4-5-20-13)16-22-23-17(26-16)14(18)19/h4-7,10,14H,8-9,11H2,1-3H3. The van der Waals surface area contributed by atoms with Crippen LogP contribution in [0.4, 0.5) is 8.78 Å². The molecule has 0 aliphatic carbocycles. The van der Waals surface area contributed by atoms with Gasteiger partial charge in [-0.25, -0.2) is 4.98 Å². The number of hydrogen-bond acceptors (Lipinski definition) is 6. The fourth-order valence-electron chi connectivity index (χ4n) is 2.31.